The Morgan fingerprint density at radius 1 is 1.69 bits per heavy atom. The maximum absolute atomic E-state index is 11.4. The number of rotatable bonds is 1. The molecule has 0 aromatic carbocycles. The Bertz CT molecular complexity index is 234. The second kappa shape index (κ2) is 4.24. The maximum atomic E-state index is 11.4. The molecule has 0 aromatic rings. The molecule has 1 saturated heterocycles. The van der Waals surface area contributed by atoms with E-state index in [0.717, 1.165) is 0 Å². The molecule has 2 unspecified atom stereocenters. The van der Waals surface area contributed by atoms with E-state index in [4.69, 9.17) is 10.00 Å². The van der Waals surface area contributed by atoms with Crippen molar-refractivity contribution in [3.05, 3.63) is 0 Å². The van der Waals surface area contributed by atoms with E-state index in [-0.39, 0.29) is 24.5 Å². The van der Waals surface area contributed by atoms with Gasteiger partial charge in [-0.15, -0.1) is 0 Å². The van der Waals surface area contributed by atoms with Gasteiger partial charge in [-0.3, -0.25) is 4.79 Å². The quantitative estimate of drug-likeness (QED) is 0.594. The molecule has 0 N–H and O–H groups in total. The summed E-state index contributed by atoms with van der Waals surface area (Å²) >= 11 is 0. The molecule has 4 heteroatoms. The molecule has 0 bridgehead atoms. The number of carbonyl (C=O) groups is 1. The van der Waals surface area contributed by atoms with E-state index in [0.29, 0.717) is 13.2 Å². The van der Waals surface area contributed by atoms with Crippen molar-refractivity contribution in [1.29, 1.82) is 5.26 Å². The van der Waals surface area contributed by atoms with Crippen LogP contribution < -0.4 is 0 Å². The fraction of sp³-hybridized carbons (Fsp3) is 0.778. The Hall–Kier alpha value is -1.08. The predicted octanol–water partition coefficient (Wildman–Crippen LogP) is 0.536. The van der Waals surface area contributed by atoms with Gasteiger partial charge in [0.05, 0.1) is 24.8 Å². The minimum Gasteiger partial charge on any atom is -0.375 e. The van der Waals surface area contributed by atoms with E-state index in [1.807, 2.05) is 19.9 Å². The van der Waals surface area contributed by atoms with Crippen molar-refractivity contribution < 1.29 is 9.53 Å². The molecule has 4 nitrogen and oxygen atoms in total. The number of carbonyl (C=O) groups excluding carboxylic acids is 1. The summed E-state index contributed by atoms with van der Waals surface area (Å²) in [6.45, 7) is 5.06. The normalized spacial score (nSPS) is 28.2. The van der Waals surface area contributed by atoms with Crippen LogP contribution in [0, 0.1) is 11.3 Å². The number of amides is 1. The zero-order valence-electron chi connectivity index (χ0n) is 7.99. The highest BCUT2D eigenvalue weighted by molar-refractivity contribution is 5.78. The van der Waals surface area contributed by atoms with Gasteiger partial charge in [0.15, 0.2) is 0 Å². The van der Waals surface area contributed by atoms with Gasteiger partial charge in [-0.2, -0.15) is 5.26 Å². The van der Waals surface area contributed by atoms with Crippen LogP contribution in [0.4, 0.5) is 0 Å². The molecule has 1 fully saturated rings. The SMILES string of the molecule is CC1OCCN(C(=O)CC#N)C1C. The van der Waals surface area contributed by atoms with Gasteiger partial charge in [-0.25, -0.2) is 0 Å². The summed E-state index contributed by atoms with van der Waals surface area (Å²) in [4.78, 5) is 13.1. The van der Waals surface area contributed by atoms with Gasteiger partial charge in [0.2, 0.25) is 5.91 Å². The van der Waals surface area contributed by atoms with Crippen molar-refractivity contribution in [2.75, 3.05) is 13.2 Å². The van der Waals surface area contributed by atoms with Crippen LogP contribution in [-0.2, 0) is 9.53 Å². The highest BCUT2D eigenvalue weighted by atomic mass is 16.5. The zero-order valence-corrected chi connectivity index (χ0v) is 7.99. The van der Waals surface area contributed by atoms with Crippen LogP contribution in [0.15, 0.2) is 0 Å². The van der Waals surface area contributed by atoms with E-state index in [1.54, 1.807) is 4.90 Å². The largest absolute Gasteiger partial charge is 0.375 e. The van der Waals surface area contributed by atoms with Crippen LogP contribution in [0.1, 0.15) is 20.3 Å². The minimum atomic E-state index is -0.0925. The summed E-state index contributed by atoms with van der Waals surface area (Å²) in [6.07, 6.45) is 0.0354. The van der Waals surface area contributed by atoms with E-state index in [9.17, 15) is 4.79 Å². The summed E-state index contributed by atoms with van der Waals surface area (Å²) < 4.78 is 5.37. The number of hydrogen-bond acceptors (Lipinski definition) is 3. The molecular formula is C9H14N2O2. The van der Waals surface area contributed by atoms with E-state index >= 15 is 0 Å². The molecule has 13 heavy (non-hydrogen) atoms. The zero-order chi connectivity index (χ0) is 9.84. The molecular weight excluding hydrogens is 168 g/mol. The van der Waals surface area contributed by atoms with Crippen LogP contribution in [0.5, 0.6) is 0 Å². The molecule has 0 spiro atoms. The number of nitriles is 1. The van der Waals surface area contributed by atoms with Crippen LogP contribution in [-0.4, -0.2) is 36.1 Å². The topological polar surface area (TPSA) is 53.3 Å². The van der Waals surface area contributed by atoms with Crippen molar-refractivity contribution >= 4 is 5.91 Å². The van der Waals surface area contributed by atoms with Crippen molar-refractivity contribution in [2.45, 2.75) is 32.4 Å². The fourth-order valence-electron chi connectivity index (χ4n) is 1.45. The second-order valence-electron chi connectivity index (χ2n) is 3.24. The Labute approximate surface area is 78.1 Å². The Kier molecular flexibility index (Phi) is 3.26. The third kappa shape index (κ3) is 2.19. The third-order valence-corrected chi connectivity index (χ3v) is 2.43. The number of ether oxygens (including phenoxy) is 1. The van der Waals surface area contributed by atoms with E-state index < -0.39 is 0 Å². The molecule has 1 heterocycles. The molecule has 1 aliphatic rings. The van der Waals surface area contributed by atoms with Crippen molar-refractivity contribution in [1.82, 2.24) is 4.90 Å². The van der Waals surface area contributed by atoms with E-state index in [1.165, 1.54) is 0 Å². The van der Waals surface area contributed by atoms with Gasteiger partial charge >= 0.3 is 0 Å². The average molecular weight is 182 g/mol. The van der Waals surface area contributed by atoms with E-state index in [2.05, 4.69) is 0 Å². The van der Waals surface area contributed by atoms with Crippen LogP contribution >= 0.6 is 0 Å². The standard InChI is InChI=1S/C9H14N2O2/c1-7-8(2)13-6-5-11(7)9(12)3-4-10/h7-8H,3,5-6H2,1-2H3. The number of nitrogens with zero attached hydrogens (tertiary/aromatic N) is 2. The molecule has 0 aromatic heterocycles. The van der Waals surface area contributed by atoms with Gasteiger partial charge < -0.3 is 9.64 Å². The lowest BCUT2D eigenvalue weighted by atomic mass is 10.1. The third-order valence-electron chi connectivity index (χ3n) is 2.43. The van der Waals surface area contributed by atoms with Crippen LogP contribution in [0.2, 0.25) is 0 Å². The first kappa shape index (κ1) is 10.0. The minimum absolute atomic E-state index is 0.0307. The molecule has 2 atom stereocenters. The van der Waals surface area contributed by atoms with Gasteiger partial charge in [0, 0.05) is 6.54 Å². The predicted molar refractivity (Wildman–Crippen MR) is 46.8 cm³/mol. The van der Waals surface area contributed by atoms with Crippen molar-refractivity contribution in [3.63, 3.8) is 0 Å². The molecule has 1 rings (SSSR count). The summed E-state index contributed by atoms with van der Waals surface area (Å²) in [5.74, 6) is -0.0925. The number of morpholine rings is 1. The highest BCUT2D eigenvalue weighted by Crippen LogP contribution is 2.13. The summed E-state index contributed by atoms with van der Waals surface area (Å²) in [7, 11) is 0. The first-order valence-corrected chi connectivity index (χ1v) is 4.45. The van der Waals surface area contributed by atoms with Crippen LogP contribution in [0.25, 0.3) is 0 Å². The Morgan fingerprint density at radius 3 is 3.00 bits per heavy atom. The lowest BCUT2D eigenvalue weighted by Crippen LogP contribution is -2.51. The Morgan fingerprint density at radius 2 is 2.38 bits per heavy atom. The lowest BCUT2D eigenvalue weighted by molar-refractivity contribution is -0.142. The number of hydrogen-bond donors (Lipinski definition) is 0. The van der Waals surface area contributed by atoms with Gasteiger partial charge in [-0.05, 0) is 13.8 Å². The monoisotopic (exact) mass is 182 g/mol. The smallest absolute Gasteiger partial charge is 0.237 e. The fourth-order valence-corrected chi connectivity index (χ4v) is 1.45. The average Bonchev–Trinajstić information content (AvgIpc) is 2.10. The molecule has 1 amide bonds. The molecule has 0 saturated carbocycles. The van der Waals surface area contributed by atoms with Gasteiger partial charge in [0.1, 0.15) is 6.42 Å². The van der Waals surface area contributed by atoms with Gasteiger partial charge in [0.25, 0.3) is 0 Å². The Balaban J connectivity index is 2.58. The van der Waals surface area contributed by atoms with Crippen molar-refractivity contribution in [2.24, 2.45) is 0 Å². The molecule has 72 valence electrons. The van der Waals surface area contributed by atoms with Crippen LogP contribution in [0.3, 0.4) is 0 Å². The summed E-state index contributed by atoms with van der Waals surface area (Å²) in [5, 5.41) is 8.39. The summed E-state index contributed by atoms with van der Waals surface area (Å²) in [6, 6.07) is 1.95. The molecule has 0 radical (unpaired) electrons. The summed E-state index contributed by atoms with van der Waals surface area (Å²) in [5.41, 5.74) is 0. The first-order chi connectivity index (χ1) is 6.16. The van der Waals surface area contributed by atoms with Gasteiger partial charge in [-0.1, -0.05) is 0 Å². The highest BCUT2D eigenvalue weighted by Gasteiger charge is 2.28. The molecule has 1 aliphatic heterocycles. The van der Waals surface area contributed by atoms with Crippen molar-refractivity contribution in [3.8, 4) is 6.07 Å². The maximum Gasteiger partial charge on any atom is 0.237 e. The first-order valence-electron chi connectivity index (χ1n) is 4.45. The lowest BCUT2D eigenvalue weighted by Gasteiger charge is -2.37. The second-order valence-corrected chi connectivity index (χ2v) is 3.24. The molecule has 0 aliphatic carbocycles.